The summed E-state index contributed by atoms with van der Waals surface area (Å²) in [6.45, 7) is 0. The van der Waals surface area contributed by atoms with Gasteiger partial charge in [0, 0.05) is 22.7 Å². The van der Waals surface area contributed by atoms with Crippen LogP contribution < -0.4 is 5.73 Å². The fraction of sp³-hybridized carbons (Fsp3) is 0.0556. The largest absolute Gasteiger partial charge is 0.434 e. The highest BCUT2D eigenvalue weighted by Crippen LogP contribution is 2.34. The van der Waals surface area contributed by atoms with Gasteiger partial charge in [0.1, 0.15) is 5.56 Å². The zero-order valence-corrected chi connectivity index (χ0v) is 16.0. The molecule has 2 aromatic carbocycles. The van der Waals surface area contributed by atoms with Crippen LogP contribution in [-0.2, 0) is 11.0 Å². The number of carbonyl (C=O) groups is 1. The first-order chi connectivity index (χ1) is 14.6. The number of nitrogens with two attached hydrogens (primary N) is 1. The molecule has 9 nitrogen and oxygen atoms in total. The fourth-order valence-electron chi connectivity index (χ4n) is 2.50. The number of non-ortho nitro benzene ring substituents is 1. The van der Waals surface area contributed by atoms with E-state index >= 15 is 0 Å². The van der Waals surface area contributed by atoms with Crippen molar-refractivity contribution in [2.24, 2.45) is 10.9 Å². The molecule has 0 saturated carbocycles. The molecule has 0 aliphatic carbocycles. The van der Waals surface area contributed by atoms with E-state index in [1.54, 1.807) is 0 Å². The van der Waals surface area contributed by atoms with Gasteiger partial charge in [0.2, 0.25) is 0 Å². The van der Waals surface area contributed by atoms with Crippen LogP contribution in [0.5, 0.6) is 0 Å². The molecule has 3 aromatic rings. The molecule has 0 radical (unpaired) electrons. The van der Waals surface area contributed by atoms with Crippen molar-refractivity contribution < 1.29 is 27.7 Å². The van der Waals surface area contributed by atoms with Crippen molar-refractivity contribution in [3.8, 4) is 5.69 Å². The Balaban J connectivity index is 1.92. The molecule has 0 spiro atoms. The van der Waals surface area contributed by atoms with Crippen molar-refractivity contribution in [2.75, 3.05) is 0 Å². The molecular formula is C18H11ClF3N5O4. The molecule has 160 valence electrons. The molecule has 13 heteroatoms. The monoisotopic (exact) mass is 453 g/mol. The average Bonchev–Trinajstić information content (AvgIpc) is 3.18. The number of halogens is 4. The van der Waals surface area contributed by atoms with Crippen LogP contribution in [-0.4, -0.2) is 26.5 Å². The minimum Gasteiger partial charge on any atom is -0.380 e. The van der Waals surface area contributed by atoms with Crippen molar-refractivity contribution in [1.82, 2.24) is 9.78 Å². The Morgan fingerprint density at radius 2 is 1.77 bits per heavy atom. The number of hydrogen-bond acceptors (Lipinski definition) is 6. The quantitative estimate of drug-likeness (QED) is 0.205. The maximum Gasteiger partial charge on any atom is 0.434 e. The van der Waals surface area contributed by atoms with E-state index in [1.165, 1.54) is 24.3 Å². The highest BCUT2D eigenvalue weighted by atomic mass is 35.5. The van der Waals surface area contributed by atoms with E-state index in [1.807, 2.05) is 0 Å². The lowest BCUT2D eigenvalue weighted by molar-refractivity contribution is -0.384. The van der Waals surface area contributed by atoms with Crippen LogP contribution in [0.25, 0.3) is 5.69 Å². The van der Waals surface area contributed by atoms with Gasteiger partial charge in [-0.1, -0.05) is 16.8 Å². The first-order valence-electron chi connectivity index (χ1n) is 8.28. The molecule has 3 rings (SSSR count). The Kier molecular flexibility index (Phi) is 5.92. The van der Waals surface area contributed by atoms with Gasteiger partial charge in [-0.25, -0.2) is 9.48 Å². The average molecular weight is 454 g/mol. The van der Waals surface area contributed by atoms with E-state index in [9.17, 15) is 28.1 Å². The second kappa shape index (κ2) is 8.44. The summed E-state index contributed by atoms with van der Waals surface area (Å²) in [4.78, 5) is 26.8. The summed E-state index contributed by atoms with van der Waals surface area (Å²) in [5.41, 5.74) is 3.16. The number of nitro groups is 1. The number of carbonyl (C=O) groups excluding carboxylic acids is 1. The summed E-state index contributed by atoms with van der Waals surface area (Å²) >= 11 is 5.75. The molecule has 0 aliphatic rings. The van der Waals surface area contributed by atoms with Gasteiger partial charge < -0.3 is 10.6 Å². The maximum absolute atomic E-state index is 13.6. The van der Waals surface area contributed by atoms with Crippen LogP contribution in [0, 0.1) is 10.1 Å². The third-order valence-electron chi connectivity index (χ3n) is 3.93. The smallest absolute Gasteiger partial charge is 0.380 e. The van der Waals surface area contributed by atoms with Crippen molar-refractivity contribution >= 4 is 29.1 Å². The normalized spacial score (nSPS) is 11.9. The number of oxime groups is 1. The van der Waals surface area contributed by atoms with Crippen LogP contribution in [0.15, 0.2) is 59.9 Å². The summed E-state index contributed by atoms with van der Waals surface area (Å²) in [5.74, 6) is -1.71. The highest BCUT2D eigenvalue weighted by Gasteiger charge is 2.41. The first kappa shape index (κ1) is 21.8. The van der Waals surface area contributed by atoms with Gasteiger partial charge >= 0.3 is 12.1 Å². The second-order valence-corrected chi connectivity index (χ2v) is 6.39. The molecule has 0 atom stereocenters. The van der Waals surface area contributed by atoms with Crippen LogP contribution >= 0.6 is 11.6 Å². The molecule has 1 heterocycles. The van der Waals surface area contributed by atoms with Gasteiger partial charge in [-0.05, 0) is 36.4 Å². The summed E-state index contributed by atoms with van der Waals surface area (Å²) in [6.07, 6.45) is -4.35. The van der Waals surface area contributed by atoms with Gasteiger partial charge in [0.05, 0.1) is 16.8 Å². The number of nitro benzene ring substituents is 1. The number of rotatable bonds is 5. The van der Waals surface area contributed by atoms with E-state index in [0.717, 1.165) is 24.3 Å². The molecule has 0 unspecified atom stereocenters. The molecule has 0 fully saturated rings. The molecule has 0 bridgehead atoms. The van der Waals surface area contributed by atoms with Crippen LogP contribution in [0.1, 0.15) is 21.6 Å². The van der Waals surface area contributed by atoms with Gasteiger partial charge in [-0.3, -0.25) is 10.1 Å². The fourth-order valence-corrected chi connectivity index (χ4v) is 2.62. The minimum absolute atomic E-state index is 0.152. The summed E-state index contributed by atoms with van der Waals surface area (Å²) in [5, 5.41) is 18.1. The third kappa shape index (κ3) is 4.80. The van der Waals surface area contributed by atoms with Crippen molar-refractivity contribution in [3.63, 3.8) is 0 Å². The van der Waals surface area contributed by atoms with Gasteiger partial charge in [-0.15, -0.1) is 0 Å². The molecule has 0 aliphatic heterocycles. The molecule has 0 saturated heterocycles. The lowest BCUT2D eigenvalue weighted by Crippen LogP contribution is -2.19. The topological polar surface area (TPSA) is 126 Å². The summed E-state index contributed by atoms with van der Waals surface area (Å²) < 4.78 is 41.4. The molecule has 0 amide bonds. The van der Waals surface area contributed by atoms with Gasteiger partial charge in [-0.2, -0.15) is 18.3 Å². The van der Waals surface area contributed by atoms with E-state index in [2.05, 4.69) is 15.1 Å². The zero-order chi connectivity index (χ0) is 22.8. The second-order valence-electron chi connectivity index (χ2n) is 5.95. The standard InChI is InChI=1S/C18H11ClF3N5O4/c19-11-3-1-10(2-4-11)16(23)25-31-17(28)14-9-24-26(15(14)18(20,21)22)12-5-7-13(8-6-12)27(29)30/h1-9H,(H2,23,25). The predicted molar refractivity (Wildman–Crippen MR) is 103 cm³/mol. The van der Waals surface area contributed by atoms with E-state index in [0.29, 0.717) is 21.5 Å². The summed E-state index contributed by atoms with van der Waals surface area (Å²) in [6, 6.07) is 10.1. The number of aromatic nitrogens is 2. The maximum atomic E-state index is 13.6. The summed E-state index contributed by atoms with van der Waals surface area (Å²) in [7, 11) is 0. The zero-order valence-electron chi connectivity index (χ0n) is 15.2. The first-order valence-corrected chi connectivity index (χ1v) is 8.66. The van der Waals surface area contributed by atoms with Crippen molar-refractivity contribution in [3.05, 3.63) is 86.7 Å². The molecule has 31 heavy (non-hydrogen) atoms. The van der Waals surface area contributed by atoms with Gasteiger partial charge in [0.15, 0.2) is 11.5 Å². The predicted octanol–water partition coefficient (Wildman–Crippen LogP) is 3.93. The van der Waals surface area contributed by atoms with E-state index < -0.39 is 28.3 Å². The third-order valence-corrected chi connectivity index (χ3v) is 4.18. The van der Waals surface area contributed by atoms with Crippen molar-refractivity contribution in [2.45, 2.75) is 6.18 Å². The number of hydrogen-bond donors (Lipinski definition) is 1. The van der Waals surface area contributed by atoms with Gasteiger partial charge in [0.25, 0.3) is 5.69 Å². The Hall–Kier alpha value is -3.93. The Morgan fingerprint density at radius 1 is 1.16 bits per heavy atom. The molecule has 2 N–H and O–H groups in total. The number of benzene rings is 2. The number of nitrogens with zero attached hydrogens (tertiary/aromatic N) is 4. The van der Waals surface area contributed by atoms with Crippen LogP contribution in [0.4, 0.5) is 18.9 Å². The Labute approximate surface area is 176 Å². The molecule has 1 aromatic heterocycles. The minimum atomic E-state index is -5.00. The van der Waals surface area contributed by atoms with Crippen LogP contribution in [0.2, 0.25) is 5.02 Å². The lowest BCUT2D eigenvalue weighted by Gasteiger charge is -2.11. The van der Waals surface area contributed by atoms with Crippen LogP contribution in [0.3, 0.4) is 0 Å². The lowest BCUT2D eigenvalue weighted by atomic mass is 10.2. The Morgan fingerprint density at radius 3 is 2.32 bits per heavy atom. The molecular weight excluding hydrogens is 443 g/mol. The number of amidine groups is 1. The van der Waals surface area contributed by atoms with E-state index in [4.69, 9.17) is 17.3 Å². The van der Waals surface area contributed by atoms with E-state index in [-0.39, 0.29) is 17.2 Å². The van der Waals surface area contributed by atoms with Crippen molar-refractivity contribution in [1.29, 1.82) is 0 Å². The SMILES string of the molecule is NC(=NOC(=O)c1cnn(-c2ccc([N+](=O)[O-])cc2)c1C(F)(F)F)c1ccc(Cl)cc1. The Bertz CT molecular complexity index is 1160. The number of alkyl halides is 3. The highest BCUT2D eigenvalue weighted by molar-refractivity contribution is 6.30.